The smallest absolute Gasteiger partial charge is 0.221 e. The Morgan fingerprint density at radius 3 is 2.00 bits per heavy atom. The van der Waals surface area contributed by atoms with Gasteiger partial charge in [-0.3, -0.25) is 4.79 Å². The highest BCUT2D eigenvalue weighted by atomic mass is 16.1. The summed E-state index contributed by atoms with van der Waals surface area (Å²) in [6, 6.07) is 0. The highest BCUT2D eigenvalue weighted by molar-refractivity contribution is 5.77. The van der Waals surface area contributed by atoms with Crippen molar-refractivity contribution in [3.05, 3.63) is 0 Å². The second kappa shape index (κ2) is 4.36. The second-order valence-electron chi connectivity index (χ2n) is 6.22. The molecule has 0 radical (unpaired) electrons. The number of hydrogen-bond donors (Lipinski definition) is 2. The quantitative estimate of drug-likeness (QED) is 0.755. The Balaban J connectivity index is 3.00. The van der Waals surface area contributed by atoms with E-state index >= 15 is 0 Å². The molecular weight excluding hydrogens is 200 g/mol. The van der Waals surface area contributed by atoms with Crippen molar-refractivity contribution >= 4 is 5.91 Å². The van der Waals surface area contributed by atoms with E-state index in [0.29, 0.717) is 24.8 Å². The van der Waals surface area contributed by atoms with Gasteiger partial charge in [0.1, 0.15) is 0 Å². The molecule has 0 aliphatic carbocycles. The van der Waals surface area contributed by atoms with Gasteiger partial charge in [-0.1, -0.05) is 27.7 Å². The van der Waals surface area contributed by atoms with Crippen LogP contribution in [0.3, 0.4) is 0 Å². The van der Waals surface area contributed by atoms with Gasteiger partial charge in [0, 0.05) is 24.0 Å². The lowest BCUT2D eigenvalue weighted by Gasteiger charge is -2.43. The molecule has 1 amide bonds. The van der Waals surface area contributed by atoms with Gasteiger partial charge in [0.2, 0.25) is 5.91 Å². The van der Waals surface area contributed by atoms with Gasteiger partial charge >= 0.3 is 0 Å². The van der Waals surface area contributed by atoms with Crippen LogP contribution in [0.4, 0.5) is 0 Å². The van der Waals surface area contributed by atoms with Gasteiger partial charge in [-0.2, -0.15) is 0 Å². The van der Waals surface area contributed by atoms with Crippen LogP contribution >= 0.6 is 0 Å². The van der Waals surface area contributed by atoms with Crippen LogP contribution in [0.5, 0.6) is 0 Å². The average molecular weight is 226 g/mol. The predicted octanol–water partition coefficient (Wildman–Crippen LogP) is 1.93. The molecule has 2 unspecified atom stereocenters. The summed E-state index contributed by atoms with van der Waals surface area (Å²) in [4.78, 5) is 11.8. The van der Waals surface area contributed by atoms with Crippen LogP contribution in [-0.4, -0.2) is 23.5 Å². The Kier molecular flexibility index (Phi) is 3.68. The minimum Gasteiger partial charge on any atom is -0.354 e. The van der Waals surface area contributed by atoms with Crippen molar-refractivity contribution in [2.45, 2.75) is 59.0 Å². The van der Waals surface area contributed by atoms with E-state index in [4.69, 9.17) is 0 Å². The summed E-state index contributed by atoms with van der Waals surface area (Å²) in [7, 11) is 0. The molecule has 0 aromatic carbocycles. The molecule has 3 heteroatoms. The first-order valence-corrected chi connectivity index (χ1v) is 6.26. The summed E-state index contributed by atoms with van der Waals surface area (Å²) >= 11 is 0. The lowest BCUT2D eigenvalue weighted by Crippen LogP contribution is -2.61. The lowest BCUT2D eigenvalue weighted by molar-refractivity contribution is -0.122. The molecule has 2 N–H and O–H groups in total. The van der Waals surface area contributed by atoms with Crippen molar-refractivity contribution in [1.82, 2.24) is 10.6 Å². The van der Waals surface area contributed by atoms with Crippen molar-refractivity contribution in [1.29, 1.82) is 0 Å². The van der Waals surface area contributed by atoms with E-state index in [-0.39, 0.29) is 17.0 Å². The summed E-state index contributed by atoms with van der Waals surface area (Å²) in [5.74, 6) is 1.09. The first kappa shape index (κ1) is 13.5. The third kappa shape index (κ3) is 2.57. The highest BCUT2D eigenvalue weighted by Crippen LogP contribution is 2.29. The van der Waals surface area contributed by atoms with Gasteiger partial charge in [-0.15, -0.1) is 0 Å². The van der Waals surface area contributed by atoms with E-state index in [2.05, 4.69) is 52.2 Å². The number of amides is 1. The monoisotopic (exact) mass is 226 g/mol. The van der Waals surface area contributed by atoms with Crippen molar-refractivity contribution in [3.8, 4) is 0 Å². The Morgan fingerprint density at radius 1 is 1.06 bits per heavy atom. The molecule has 0 aromatic heterocycles. The molecule has 2 atom stereocenters. The van der Waals surface area contributed by atoms with E-state index in [0.717, 1.165) is 0 Å². The van der Waals surface area contributed by atoms with Crippen molar-refractivity contribution in [3.63, 3.8) is 0 Å². The fraction of sp³-hybridized carbons (Fsp3) is 0.923. The van der Waals surface area contributed by atoms with Crippen LogP contribution in [0.2, 0.25) is 0 Å². The number of hydrogen-bond acceptors (Lipinski definition) is 2. The highest BCUT2D eigenvalue weighted by Gasteiger charge is 2.42. The summed E-state index contributed by atoms with van der Waals surface area (Å²) in [6.07, 6.45) is 0.562. The molecule has 1 aliphatic heterocycles. The molecule has 3 nitrogen and oxygen atoms in total. The van der Waals surface area contributed by atoms with Crippen LogP contribution in [0, 0.1) is 11.8 Å². The molecule has 0 aromatic rings. The summed E-state index contributed by atoms with van der Waals surface area (Å²) in [6.45, 7) is 13.8. The van der Waals surface area contributed by atoms with E-state index in [1.807, 2.05) is 0 Å². The molecule has 0 bridgehead atoms. The van der Waals surface area contributed by atoms with Crippen molar-refractivity contribution < 1.29 is 4.79 Å². The SMILES string of the molecule is CC(C)C1(C)CNC(=O)CC(C)(C(C)C)N1. The Bertz CT molecular complexity index is 275. The Hall–Kier alpha value is -0.570. The van der Waals surface area contributed by atoms with E-state index in [9.17, 15) is 4.79 Å². The normalized spacial score (nSPS) is 36.4. The molecule has 94 valence electrons. The first-order chi connectivity index (χ1) is 7.19. The van der Waals surface area contributed by atoms with Crippen LogP contribution in [0.1, 0.15) is 48.0 Å². The largest absolute Gasteiger partial charge is 0.354 e. The summed E-state index contributed by atoms with van der Waals surface area (Å²) in [5, 5.41) is 6.74. The van der Waals surface area contributed by atoms with E-state index < -0.39 is 0 Å². The zero-order chi connectivity index (χ0) is 12.6. The molecule has 0 saturated carbocycles. The van der Waals surface area contributed by atoms with Gasteiger partial charge < -0.3 is 10.6 Å². The van der Waals surface area contributed by atoms with Gasteiger partial charge in [0.05, 0.1) is 0 Å². The van der Waals surface area contributed by atoms with E-state index in [1.165, 1.54) is 0 Å². The third-order valence-electron chi connectivity index (χ3n) is 4.30. The van der Waals surface area contributed by atoms with Crippen LogP contribution in [0.15, 0.2) is 0 Å². The summed E-state index contributed by atoms with van der Waals surface area (Å²) in [5.41, 5.74) is -0.134. The van der Waals surface area contributed by atoms with Gasteiger partial charge in [0.25, 0.3) is 0 Å². The maximum Gasteiger partial charge on any atom is 0.221 e. The molecule has 1 fully saturated rings. The fourth-order valence-electron chi connectivity index (χ4n) is 2.12. The molecule has 1 heterocycles. The van der Waals surface area contributed by atoms with Crippen molar-refractivity contribution in [2.24, 2.45) is 11.8 Å². The van der Waals surface area contributed by atoms with Crippen molar-refractivity contribution in [2.75, 3.05) is 6.54 Å². The Labute approximate surface area is 99.4 Å². The molecule has 0 spiro atoms. The number of nitrogens with one attached hydrogen (secondary N) is 2. The summed E-state index contributed by atoms with van der Waals surface area (Å²) < 4.78 is 0. The Morgan fingerprint density at radius 2 is 1.56 bits per heavy atom. The number of rotatable bonds is 2. The van der Waals surface area contributed by atoms with Crippen LogP contribution < -0.4 is 10.6 Å². The number of carbonyl (C=O) groups excluding carboxylic acids is 1. The molecular formula is C13H26N2O. The minimum atomic E-state index is -0.112. The van der Waals surface area contributed by atoms with Crippen LogP contribution in [0.25, 0.3) is 0 Å². The molecule has 1 aliphatic rings. The maximum atomic E-state index is 11.8. The fourth-order valence-corrected chi connectivity index (χ4v) is 2.12. The zero-order valence-corrected chi connectivity index (χ0v) is 11.5. The second-order valence-corrected chi connectivity index (χ2v) is 6.22. The zero-order valence-electron chi connectivity index (χ0n) is 11.5. The van der Waals surface area contributed by atoms with Gasteiger partial charge in [-0.25, -0.2) is 0 Å². The van der Waals surface area contributed by atoms with Gasteiger partial charge in [-0.05, 0) is 25.7 Å². The topological polar surface area (TPSA) is 41.1 Å². The predicted molar refractivity (Wildman–Crippen MR) is 67.2 cm³/mol. The average Bonchev–Trinajstić information content (AvgIpc) is 2.25. The number of carbonyl (C=O) groups is 1. The lowest BCUT2D eigenvalue weighted by atomic mass is 9.80. The molecule has 1 rings (SSSR count). The molecule has 16 heavy (non-hydrogen) atoms. The maximum absolute atomic E-state index is 11.8. The minimum absolute atomic E-state index is 0.0226. The standard InChI is InChI=1S/C13H26N2O/c1-9(2)12(5)7-11(16)14-8-13(6,15-12)10(3)4/h9-10,15H,7-8H2,1-6H3,(H,14,16). The first-order valence-electron chi connectivity index (χ1n) is 6.26. The van der Waals surface area contributed by atoms with Crippen LogP contribution in [-0.2, 0) is 4.79 Å². The van der Waals surface area contributed by atoms with E-state index in [1.54, 1.807) is 0 Å². The van der Waals surface area contributed by atoms with Gasteiger partial charge in [0.15, 0.2) is 0 Å². The third-order valence-corrected chi connectivity index (χ3v) is 4.30. The molecule has 1 saturated heterocycles.